The summed E-state index contributed by atoms with van der Waals surface area (Å²) in [5, 5.41) is 9.92. The third-order valence-electron chi connectivity index (χ3n) is 6.80. The van der Waals surface area contributed by atoms with Crippen LogP contribution in [0.15, 0.2) is 54.6 Å². The molecule has 1 saturated heterocycles. The molecule has 1 N–H and O–H groups in total. The molecule has 3 heterocycles. The van der Waals surface area contributed by atoms with Gasteiger partial charge in [-0.2, -0.15) is 0 Å². The van der Waals surface area contributed by atoms with Crippen molar-refractivity contribution in [3.63, 3.8) is 0 Å². The van der Waals surface area contributed by atoms with E-state index in [9.17, 15) is 19.1 Å². The third kappa shape index (κ3) is 3.61. The molecule has 174 valence electrons. The number of aliphatic carboxylic acids is 1. The lowest BCUT2D eigenvalue weighted by Gasteiger charge is -2.36. The standard InChI is InChI=1S/C27H25FN2O4/c1-27(2,26(32)33)23-18-7-3-4-8-22(18)34-24-19(23)11-12-21(29-24)16-9-10-17(20(28)15-16)25(31)30-13-5-6-14-30/h3-4,7-12,15,23H,5-6,13-14H2,1-2H3,(H,32,33)/t23-/m0/s1. The number of halogens is 1. The number of amides is 1. The largest absolute Gasteiger partial charge is 0.481 e. The number of rotatable bonds is 4. The van der Waals surface area contributed by atoms with Crippen molar-refractivity contribution in [1.82, 2.24) is 9.88 Å². The lowest BCUT2D eigenvalue weighted by Crippen LogP contribution is -2.33. The van der Waals surface area contributed by atoms with E-state index < -0.39 is 23.1 Å². The summed E-state index contributed by atoms with van der Waals surface area (Å²) in [7, 11) is 0. The van der Waals surface area contributed by atoms with Crippen molar-refractivity contribution in [2.24, 2.45) is 5.41 Å². The van der Waals surface area contributed by atoms with Gasteiger partial charge in [-0.15, -0.1) is 0 Å². The number of aromatic nitrogens is 1. The fraction of sp³-hybridized carbons (Fsp3) is 0.296. The van der Waals surface area contributed by atoms with Crippen molar-refractivity contribution in [2.75, 3.05) is 13.1 Å². The van der Waals surface area contributed by atoms with E-state index in [-0.39, 0.29) is 11.5 Å². The van der Waals surface area contributed by atoms with Crippen molar-refractivity contribution in [3.05, 3.63) is 77.1 Å². The first-order valence-corrected chi connectivity index (χ1v) is 11.4. The van der Waals surface area contributed by atoms with E-state index in [1.165, 1.54) is 12.1 Å². The number of para-hydroxylation sites is 1. The predicted octanol–water partition coefficient (Wildman–Crippen LogP) is 5.47. The Kier molecular flexibility index (Phi) is 5.35. The second-order valence-corrected chi connectivity index (χ2v) is 9.38. The number of hydrogen-bond donors (Lipinski definition) is 1. The molecule has 34 heavy (non-hydrogen) atoms. The first-order chi connectivity index (χ1) is 16.3. The maximum Gasteiger partial charge on any atom is 0.310 e. The van der Waals surface area contributed by atoms with E-state index in [0.29, 0.717) is 41.5 Å². The molecule has 1 aromatic heterocycles. The van der Waals surface area contributed by atoms with Crippen molar-refractivity contribution in [1.29, 1.82) is 0 Å². The molecule has 0 bridgehead atoms. The van der Waals surface area contributed by atoms with Crippen LogP contribution in [0.25, 0.3) is 11.3 Å². The smallest absolute Gasteiger partial charge is 0.310 e. The van der Waals surface area contributed by atoms with Gasteiger partial charge in [0.1, 0.15) is 11.6 Å². The second-order valence-electron chi connectivity index (χ2n) is 9.38. The Balaban J connectivity index is 1.53. The van der Waals surface area contributed by atoms with Gasteiger partial charge in [0.15, 0.2) is 0 Å². The topological polar surface area (TPSA) is 79.7 Å². The second kappa shape index (κ2) is 8.24. The normalized spacial score (nSPS) is 17.0. The molecule has 1 amide bonds. The molecule has 1 fully saturated rings. The van der Waals surface area contributed by atoms with Gasteiger partial charge < -0.3 is 14.7 Å². The van der Waals surface area contributed by atoms with Crippen molar-refractivity contribution >= 4 is 11.9 Å². The fourth-order valence-electron chi connectivity index (χ4n) is 4.84. The zero-order valence-corrected chi connectivity index (χ0v) is 19.0. The van der Waals surface area contributed by atoms with Crippen LogP contribution in [0.5, 0.6) is 11.6 Å². The Morgan fingerprint density at radius 1 is 1.06 bits per heavy atom. The molecule has 0 saturated carbocycles. The lowest BCUT2D eigenvalue weighted by atomic mass is 9.70. The van der Waals surface area contributed by atoms with Gasteiger partial charge in [-0.05, 0) is 51.0 Å². The van der Waals surface area contributed by atoms with E-state index in [4.69, 9.17) is 4.74 Å². The molecule has 0 radical (unpaired) electrons. The Bertz CT molecular complexity index is 1300. The molecule has 0 unspecified atom stereocenters. The maximum atomic E-state index is 14.9. The van der Waals surface area contributed by atoms with Crippen LogP contribution in [0.4, 0.5) is 4.39 Å². The maximum absolute atomic E-state index is 14.9. The molecule has 0 aliphatic carbocycles. The van der Waals surface area contributed by atoms with E-state index in [2.05, 4.69) is 4.98 Å². The van der Waals surface area contributed by atoms with Gasteiger partial charge in [0.05, 0.1) is 16.7 Å². The Morgan fingerprint density at radius 2 is 1.79 bits per heavy atom. The van der Waals surface area contributed by atoms with Gasteiger partial charge in [0.25, 0.3) is 5.91 Å². The van der Waals surface area contributed by atoms with Crippen LogP contribution in [0.3, 0.4) is 0 Å². The Labute approximate surface area is 197 Å². The minimum Gasteiger partial charge on any atom is -0.481 e. The number of nitrogens with zero attached hydrogens (tertiary/aromatic N) is 2. The Hall–Kier alpha value is -3.74. The highest BCUT2D eigenvalue weighted by atomic mass is 19.1. The highest BCUT2D eigenvalue weighted by Crippen LogP contribution is 2.51. The van der Waals surface area contributed by atoms with E-state index in [1.807, 2.05) is 18.2 Å². The monoisotopic (exact) mass is 460 g/mol. The summed E-state index contributed by atoms with van der Waals surface area (Å²) < 4.78 is 21.0. The number of hydrogen-bond acceptors (Lipinski definition) is 4. The number of pyridine rings is 1. The van der Waals surface area contributed by atoms with Gasteiger partial charge in [0.2, 0.25) is 5.88 Å². The summed E-state index contributed by atoms with van der Waals surface area (Å²) in [6, 6.07) is 15.4. The van der Waals surface area contributed by atoms with E-state index in [1.54, 1.807) is 43.0 Å². The zero-order chi connectivity index (χ0) is 24.0. The van der Waals surface area contributed by atoms with Gasteiger partial charge in [-0.25, -0.2) is 9.37 Å². The van der Waals surface area contributed by atoms with Crippen LogP contribution in [-0.4, -0.2) is 40.0 Å². The molecular weight excluding hydrogens is 435 g/mol. The molecule has 1 atom stereocenters. The average molecular weight is 461 g/mol. The molecule has 5 rings (SSSR count). The van der Waals surface area contributed by atoms with Gasteiger partial charge >= 0.3 is 5.97 Å². The first-order valence-electron chi connectivity index (χ1n) is 11.4. The molecule has 2 aromatic carbocycles. The van der Waals surface area contributed by atoms with Crippen LogP contribution in [0.2, 0.25) is 0 Å². The van der Waals surface area contributed by atoms with Crippen LogP contribution in [0, 0.1) is 11.2 Å². The van der Waals surface area contributed by atoms with E-state index in [0.717, 1.165) is 18.4 Å². The molecule has 6 nitrogen and oxygen atoms in total. The van der Waals surface area contributed by atoms with Crippen LogP contribution >= 0.6 is 0 Å². The molecule has 3 aromatic rings. The highest BCUT2D eigenvalue weighted by Gasteiger charge is 2.44. The minimum atomic E-state index is -1.11. The summed E-state index contributed by atoms with van der Waals surface area (Å²) in [5.41, 5.74) is 1.38. The van der Waals surface area contributed by atoms with Gasteiger partial charge in [0, 0.05) is 35.7 Å². The number of carbonyl (C=O) groups is 2. The zero-order valence-electron chi connectivity index (χ0n) is 19.0. The Morgan fingerprint density at radius 3 is 2.50 bits per heavy atom. The molecule has 2 aliphatic heterocycles. The third-order valence-corrected chi connectivity index (χ3v) is 6.80. The lowest BCUT2D eigenvalue weighted by molar-refractivity contribution is -0.147. The van der Waals surface area contributed by atoms with Crippen LogP contribution in [-0.2, 0) is 4.79 Å². The SMILES string of the molecule is CC(C)(C(=O)O)[C@H]1c2ccccc2Oc2nc(-c3ccc(C(=O)N4CCCC4)c(F)c3)ccc21. The summed E-state index contributed by atoms with van der Waals surface area (Å²) >= 11 is 0. The average Bonchev–Trinajstić information content (AvgIpc) is 3.36. The number of carbonyl (C=O) groups excluding carboxylic acids is 1. The highest BCUT2D eigenvalue weighted by molar-refractivity contribution is 5.95. The summed E-state index contributed by atoms with van der Waals surface area (Å²) in [6.07, 6.45) is 1.88. The number of fused-ring (bicyclic) bond motifs is 2. The number of carboxylic acids is 1. The summed E-state index contributed by atoms with van der Waals surface area (Å²) in [6.45, 7) is 4.68. The van der Waals surface area contributed by atoms with Gasteiger partial charge in [-0.3, -0.25) is 9.59 Å². The first kappa shape index (κ1) is 22.1. The van der Waals surface area contributed by atoms with Crippen LogP contribution in [0.1, 0.15) is 54.1 Å². The number of ether oxygens (including phenoxy) is 1. The predicted molar refractivity (Wildman–Crippen MR) is 125 cm³/mol. The number of benzene rings is 2. The fourth-order valence-corrected chi connectivity index (χ4v) is 4.84. The number of likely N-dealkylation sites (tertiary alicyclic amines) is 1. The molecular formula is C27H25FN2O4. The van der Waals surface area contributed by atoms with Crippen LogP contribution < -0.4 is 4.74 Å². The van der Waals surface area contributed by atoms with E-state index >= 15 is 0 Å². The molecule has 0 spiro atoms. The van der Waals surface area contributed by atoms with Crippen molar-refractivity contribution in [3.8, 4) is 22.9 Å². The molecule has 7 heteroatoms. The van der Waals surface area contributed by atoms with Crippen molar-refractivity contribution in [2.45, 2.75) is 32.6 Å². The summed E-state index contributed by atoms with van der Waals surface area (Å²) in [5.74, 6) is -1.43. The quantitative estimate of drug-likeness (QED) is 0.558. The summed E-state index contributed by atoms with van der Waals surface area (Å²) in [4.78, 5) is 31.0. The van der Waals surface area contributed by atoms with Crippen molar-refractivity contribution < 1.29 is 23.8 Å². The minimum absolute atomic E-state index is 0.0528. The number of carboxylic acid groups (broad SMARTS) is 1. The molecule has 2 aliphatic rings. The van der Waals surface area contributed by atoms with Gasteiger partial charge in [-0.1, -0.05) is 30.3 Å².